The van der Waals surface area contributed by atoms with Crippen LogP contribution in [-0.4, -0.2) is 27.8 Å². The van der Waals surface area contributed by atoms with Crippen molar-refractivity contribution >= 4 is 33.4 Å². The first-order chi connectivity index (χ1) is 13.0. The summed E-state index contributed by atoms with van der Waals surface area (Å²) >= 11 is 0. The number of nitrogens with zero attached hydrogens (tertiary/aromatic N) is 2. The van der Waals surface area contributed by atoms with Crippen molar-refractivity contribution in [1.82, 2.24) is 14.8 Å². The van der Waals surface area contributed by atoms with Gasteiger partial charge in [-0.1, -0.05) is 17.7 Å². The third-order valence-corrected chi connectivity index (χ3v) is 4.42. The van der Waals surface area contributed by atoms with Crippen LogP contribution in [0.15, 0.2) is 53.5 Å². The molecule has 0 saturated heterocycles. The number of H-pyrrole nitrogens is 1. The van der Waals surface area contributed by atoms with Crippen LogP contribution in [0.5, 0.6) is 5.75 Å². The summed E-state index contributed by atoms with van der Waals surface area (Å²) in [6, 6.07) is 12.9. The van der Waals surface area contributed by atoms with Crippen LogP contribution < -0.4 is 15.6 Å². The lowest BCUT2D eigenvalue weighted by Gasteiger charge is -2.08. The van der Waals surface area contributed by atoms with Gasteiger partial charge in [0.25, 0.3) is 5.56 Å². The van der Waals surface area contributed by atoms with Gasteiger partial charge in [-0.25, -0.2) is 4.68 Å². The molecule has 2 aromatic carbocycles. The smallest absolute Gasteiger partial charge is 0.291 e. The second-order valence-electron chi connectivity index (χ2n) is 6.35. The number of carbonyl (C=O) groups excluding carboxylic acids is 1. The van der Waals surface area contributed by atoms with Gasteiger partial charge in [0, 0.05) is 28.0 Å². The number of benzene rings is 2. The Morgan fingerprint density at radius 1 is 1.22 bits per heavy atom. The van der Waals surface area contributed by atoms with Gasteiger partial charge in [-0.2, -0.15) is 5.10 Å². The molecule has 4 rings (SSSR count). The highest BCUT2D eigenvalue weighted by atomic mass is 16.5. The zero-order valence-electron chi connectivity index (χ0n) is 14.9. The molecule has 27 heavy (non-hydrogen) atoms. The quantitative estimate of drug-likeness (QED) is 0.584. The Kier molecular flexibility index (Phi) is 4.12. The van der Waals surface area contributed by atoms with Crippen LogP contribution in [0.4, 0.5) is 5.69 Å². The summed E-state index contributed by atoms with van der Waals surface area (Å²) in [6.45, 7) is 1.82. The number of methoxy groups -OCH3 is 1. The molecule has 2 aromatic heterocycles. The molecule has 1 amide bonds. The molecule has 0 aliphatic rings. The van der Waals surface area contributed by atoms with Gasteiger partial charge in [0.15, 0.2) is 0 Å². The summed E-state index contributed by atoms with van der Waals surface area (Å²) < 4.78 is 6.29. The van der Waals surface area contributed by atoms with Crippen LogP contribution in [-0.2, 0) is 11.3 Å². The van der Waals surface area contributed by atoms with Crippen molar-refractivity contribution in [2.45, 2.75) is 13.5 Å². The van der Waals surface area contributed by atoms with E-state index < -0.39 is 0 Å². The molecule has 0 aliphatic carbocycles. The summed E-state index contributed by atoms with van der Waals surface area (Å²) in [5.74, 6) is 0.294. The Hall–Kier alpha value is -3.61. The number of hydrogen-bond donors (Lipinski definition) is 2. The maximum Gasteiger partial charge on any atom is 0.291 e. The summed E-state index contributed by atoms with van der Waals surface area (Å²) in [5, 5.41) is 8.62. The van der Waals surface area contributed by atoms with Gasteiger partial charge in [-0.15, -0.1) is 0 Å². The normalized spacial score (nSPS) is 11.0. The highest BCUT2D eigenvalue weighted by Gasteiger charge is 2.13. The van der Waals surface area contributed by atoms with Gasteiger partial charge < -0.3 is 15.0 Å². The molecule has 0 saturated carbocycles. The number of aromatic nitrogens is 3. The first-order valence-corrected chi connectivity index (χ1v) is 8.47. The lowest BCUT2D eigenvalue weighted by Crippen LogP contribution is -2.29. The van der Waals surface area contributed by atoms with Crippen LogP contribution in [0.2, 0.25) is 0 Å². The molecule has 0 aliphatic heterocycles. The summed E-state index contributed by atoms with van der Waals surface area (Å²) in [6.07, 6.45) is 1.62. The first-order valence-electron chi connectivity index (χ1n) is 8.47. The minimum atomic E-state index is -0.343. The van der Waals surface area contributed by atoms with Crippen molar-refractivity contribution in [1.29, 1.82) is 0 Å². The van der Waals surface area contributed by atoms with E-state index in [4.69, 9.17) is 4.74 Å². The van der Waals surface area contributed by atoms with E-state index in [1.54, 1.807) is 37.6 Å². The molecule has 0 fully saturated rings. The van der Waals surface area contributed by atoms with E-state index >= 15 is 0 Å². The largest absolute Gasteiger partial charge is 0.497 e. The van der Waals surface area contributed by atoms with Gasteiger partial charge >= 0.3 is 0 Å². The average molecular weight is 362 g/mol. The Morgan fingerprint density at radius 2 is 2.07 bits per heavy atom. The maximum atomic E-state index is 12.7. The molecule has 0 bridgehead atoms. The Bertz CT molecular complexity index is 1220. The minimum absolute atomic E-state index is 0.180. The second-order valence-corrected chi connectivity index (χ2v) is 6.35. The third-order valence-electron chi connectivity index (χ3n) is 4.42. The molecular formula is C20H18N4O3. The predicted molar refractivity (Wildman–Crippen MR) is 104 cm³/mol. The number of ether oxygens (including phenoxy) is 1. The molecule has 0 spiro atoms. The van der Waals surface area contributed by atoms with E-state index in [-0.39, 0.29) is 18.0 Å². The fourth-order valence-electron chi connectivity index (χ4n) is 3.09. The van der Waals surface area contributed by atoms with Crippen molar-refractivity contribution in [3.05, 3.63) is 64.6 Å². The van der Waals surface area contributed by atoms with Crippen molar-refractivity contribution in [2.24, 2.45) is 0 Å². The van der Waals surface area contributed by atoms with Crippen molar-refractivity contribution in [3.8, 4) is 5.75 Å². The third kappa shape index (κ3) is 3.15. The molecule has 2 heterocycles. The van der Waals surface area contributed by atoms with Gasteiger partial charge in [0.2, 0.25) is 5.91 Å². The zero-order valence-corrected chi connectivity index (χ0v) is 14.9. The molecule has 7 heteroatoms. The van der Waals surface area contributed by atoms with Crippen LogP contribution in [0.1, 0.15) is 5.56 Å². The van der Waals surface area contributed by atoms with Crippen molar-refractivity contribution < 1.29 is 9.53 Å². The van der Waals surface area contributed by atoms with E-state index in [0.29, 0.717) is 17.0 Å². The summed E-state index contributed by atoms with van der Waals surface area (Å²) in [4.78, 5) is 28.2. The number of rotatable bonds is 4. The van der Waals surface area contributed by atoms with E-state index in [1.165, 1.54) is 0 Å². The van der Waals surface area contributed by atoms with E-state index in [1.807, 2.05) is 25.1 Å². The Morgan fingerprint density at radius 3 is 2.89 bits per heavy atom. The van der Waals surface area contributed by atoms with Crippen LogP contribution in [0, 0.1) is 6.92 Å². The second kappa shape index (κ2) is 6.60. The molecular weight excluding hydrogens is 344 g/mol. The standard InChI is InChI=1S/C20H18N4O3/c1-12-6-7-17-15(8-12)16-10-21-24(20(26)19(16)23-17)11-18(25)22-13-4-3-5-14(9-13)27-2/h3-10,23H,11H2,1-2H3,(H,22,25). The topological polar surface area (TPSA) is 89.0 Å². The highest BCUT2D eigenvalue weighted by Crippen LogP contribution is 2.23. The zero-order chi connectivity index (χ0) is 19.0. The van der Waals surface area contributed by atoms with Crippen molar-refractivity contribution in [2.75, 3.05) is 12.4 Å². The lowest BCUT2D eigenvalue weighted by molar-refractivity contribution is -0.117. The average Bonchev–Trinajstić information content (AvgIpc) is 3.03. The van der Waals surface area contributed by atoms with Crippen LogP contribution >= 0.6 is 0 Å². The van der Waals surface area contributed by atoms with Crippen molar-refractivity contribution in [3.63, 3.8) is 0 Å². The molecule has 4 aromatic rings. The summed E-state index contributed by atoms with van der Waals surface area (Å²) in [7, 11) is 1.56. The fraction of sp³-hybridized carbons (Fsp3) is 0.150. The van der Waals surface area contributed by atoms with E-state index in [0.717, 1.165) is 26.5 Å². The molecule has 0 atom stereocenters. The van der Waals surface area contributed by atoms with E-state index in [2.05, 4.69) is 15.4 Å². The Balaban J connectivity index is 1.63. The molecule has 7 nitrogen and oxygen atoms in total. The number of fused-ring (bicyclic) bond motifs is 3. The number of hydrogen-bond acceptors (Lipinski definition) is 4. The highest BCUT2D eigenvalue weighted by molar-refractivity contribution is 6.06. The number of carbonyl (C=O) groups is 1. The predicted octanol–water partition coefficient (Wildman–Crippen LogP) is 2.83. The lowest BCUT2D eigenvalue weighted by atomic mass is 10.1. The summed E-state index contributed by atoms with van der Waals surface area (Å²) in [5.41, 5.74) is 2.68. The van der Waals surface area contributed by atoms with Gasteiger partial charge in [0.1, 0.15) is 17.8 Å². The molecule has 2 N–H and O–H groups in total. The number of nitrogens with one attached hydrogen (secondary N) is 2. The fourth-order valence-corrected chi connectivity index (χ4v) is 3.09. The number of aromatic amines is 1. The maximum absolute atomic E-state index is 12.7. The Labute approximate surface area is 154 Å². The SMILES string of the molecule is COc1cccc(NC(=O)Cn2ncc3c([nH]c4ccc(C)cc43)c2=O)c1. The van der Waals surface area contributed by atoms with E-state index in [9.17, 15) is 9.59 Å². The number of amides is 1. The van der Waals surface area contributed by atoms with Gasteiger partial charge in [-0.3, -0.25) is 9.59 Å². The number of aryl methyl sites for hydroxylation is 1. The van der Waals surface area contributed by atoms with Crippen LogP contribution in [0.25, 0.3) is 21.8 Å². The number of anilines is 1. The molecule has 136 valence electrons. The molecule has 0 unspecified atom stereocenters. The van der Waals surface area contributed by atoms with Crippen LogP contribution in [0.3, 0.4) is 0 Å². The van der Waals surface area contributed by atoms with Gasteiger partial charge in [-0.05, 0) is 31.2 Å². The monoisotopic (exact) mass is 362 g/mol. The minimum Gasteiger partial charge on any atom is -0.497 e. The van der Waals surface area contributed by atoms with Gasteiger partial charge in [0.05, 0.1) is 13.3 Å². The first kappa shape index (κ1) is 16.8. The molecule has 0 radical (unpaired) electrons.